The van der Waals surface area contributed by atoms with E-state index in [2.05, 4.69) is 0 Å². The van der Waals surface area contributed by atoms with E-state index in [0.717, 1.165) is 11.1 Å². The number of aryl methyl sites for hydroxylation is 1. The quantitative estimate of drug-likeness (QED) is 0.800. The molecule has 0 fully saturated rings. The molecule has 4 heteroatoms. The molecule has 1 aromatic heterocycles. The molecule has 0 atom stereocenters. The van der Waals surface area contributed by atoms with Crippen LogP contribution < -0.4 is 5.43 Å². The van der Waals surface area contributed by atoms with Gasteiger partial charge in [-0.1, -0.05) is 36.4 Å². The standard InChI is InChI=1S/C18H14O4/c19-15-11-17(13-4-2-1-3-5-13)22-16-8-6-12(10-14(15)16)7-9-18(20)21/h1-6,8,10-11H,7,9H2,(H,20,21). The molecule has 0 aliphatic heterocycles. The summed E-state index contributed by atoms with van der Waals surface area (Å²) in [6.07, 6.45) is 0.435. The van der Waals surface area contributed by atoms with Crippen molar-refractivity contribution in [2.45, 2.75) is 12.8 Å². The lowest BCUT2D eigenvalue weighted by molar-refractivity contribution is -0.136. The average molecular weight is 294 g/mol. The number of carboxylic acids is 1. The summed E-state index contributed by atoms with van der Waals surface area (Å²) in [6.45, 7) is 0. The van der Waals surface area contributed by atoms with Crippen LogP contribution in [0.1, 0.15) is 12.0 Å². The second kappa shape index (κ2) is 5.85. The van der Waals surface area contributed by atoms with Crippen molar-refractivity contribution in [2.24, 2.45) is 0 Å². The number of benzene rings is 2. The van der Waals surface area contributed by atoms with Crippen molar-refractivity contribution in [3.63, 3.8) is 0 Å². The summed E-state index contributed by atoms with van der Waals surface area (Å²) in [5, 5.41) is 9.20. The minimum Gasteiger partial charge on any atom is -0.481 e. The van der Waals surface area contributed by atoms with Crippen molar-refractivity contribution in [3.8, 4) is 11.3 Å². The number of carboxylic acid groups (broad SMARTS) is 1. The molecule has 3 aromatic rings. The minimum atomic E-state index is -0.855. The van der Waals surface area contributed by atoms with E-state index in [-0.39, 0.29) is 11.8 Å². The second-order valence-corrected chi connectivity index (χ2v) is 5.07. The first kappa shape index (κ1) is 14.1. The van der Waals surface area contributed by atoms with E-state index in [9.17, 15) is 9.59 Å². The number of aliphatic carboxylic acids is 1. The van der Waals surface area contributed by atoms with E-state index in [1.54, 1.807) is 18.2 Å². The van der Waals surface area contributed by atoms with Crippen molar-refractivity contribution >= 4 is 16.9 Å². The third-order valence-corrected chi connectivity index (χ3v) is 3.48. The first-order valence-electron chi connectivity index (χ1n) is 6.97. The first-order chi connectivity index (χ1) is 10.6. The van der Waals surface area contributed by atoms with Gasteiger partial charge in [-0.25, -0.2) is 0 Å². The Morgan fingerprint density at radius 3 is 2.55 bits per heavy atom. The van der Waals surface area contributed by atoms with E-state index in [0.29, 0.717) is 23.2 Å². The third kappa shape index (κ3) is 2.91. The molecule has 0 radical (unpaired) electrons. The van der Waals surface area contributed by atoms with Gasteiger partial charge in [-0.3, -0.25) is 9.59 Å². The summed E-state index contributed by atoms with van der Waals surface area (Å²) >= 11 is 0. The molecule has 0 unspecified atom stereocenters. The summed E-state index contributed by atoms with van der Waals surface area (Å²) in [4.78, 5) is 22.9. The summed E-state index contributed by atoms with van der Waals surface area (Å²) in [5.74, 6) is -0.331. The van der Waals surface area contributed by atoms with Crippen LogP contribution in [0.5, 0.6) is 0 Å². The van der Waals surface area contributed by atoms with Crippen molar-refractivity contribution < 1.29 is 14.3 Å². The van der Waals surface area contributed by atoms with Gasteiger partial charge < -0.3 is 9.52 Å². The highest BCUT2D eigenvalue weighted by atomic mass is 16.4. The molecule has 0 aliphatic carbocycles. The van der Waals surface area contributed by atoms with Gasteiger partial charge in [0.1, 0.15) is 11.3 Å². The zero-order valence-electron chi connectivity index (χ0n) is 11.8. The van der Waals surface area contributed by atoms with Crippen LogP contribution >= 0.6 is 0 Å². The molecular formula is C18H14O4. The Kier molecular flexibility index (Phi) is 3.74. The van der Waals surface area contributed by atoms with Gasteiger partial charge in [-0.05, 0) is 24.1 Å². The predicted molar refractivity (Wildman–Crippen MR) is 83.9 cm³/mol. The van der Waals surface area contributed by atoms with Crippen LogP contribution in [0.3, 0.4) is 0 Å². The third-order valence-electron chi connectivity index (χ3n) is 3.48. The largest absolute Gasteiger partial charge is 0.481 e. The number of hydrogen-bond donors (Lipinski definition) is 1. The Bertz CT molecular complexity index is 878. The number of rotatable bonds is 4. The number of hydrogen-bond acceptors (Lipinski definition) is 3. The average Bonchev–Trinajstić information content (AvgIpc) is 2.54. The molecule has 0 spiro atoms. The van der Waals surface area contributed by atoms with E-state index in [1.807, 2.05) is 30.3 Å². The van der Waals surface area contributed by atoms with Gasteiger partial charge in [0.15, 0.2) is 5.43 Å². The molecule has 110 valence electrons. The zero-order chi connectivity index (χ0) is 15.5. The lowest BCUT2D eigenvalue weighted by Crippen LogP contribution is -2.02. The van der Waals surface area contributed by atoms with Gasteiger partial charge in [0.25, 0.3) is 0 Å². The van der Waals surface area contributed by atoms with Crippen LogP contribution in [0.25, 0.3) is 22.3 Å². The van der Waals surface area contributed by atoms with Crippen LogP contribution in [-0.2, 0) is 11.2 Å². The van der Waals surface area contributed by atoms with E-state index < -0.39 is 5.97 Å². The van der Waals surface area contributed by atoms with Gasteiger partial charge in [-0.15, -0.1) is 0 Å². The van der Waals surface area contributed by atoms with Crippen molar-refractivity contribution in [3.05, 3.63) is 70.4 Å². The van der Waals surface area contributed by atoms with Gasteiger partial charge in [0, 0.05) is 18.1 Å². The van der Waals surface area contributed by atoms with Crippen LogP contribution in [0, 0.1) is 0 Å². The molecular weight excluding hydrogens is 280 g/mol. The van der Waals surface area contributed by atoms with Crippen LogP contribution in [0.4, 0.5) is 0 Å². The second-order valence-electron chi connectivity index (χ2n) is 5.07. The van der Waals surface area contributed by atoms with Crippen LogP contribution in [-0.4, -0.2) is 11.1 Å². The summed E-state index contributed by atoms with van der Waals surface area (Å²) in [6, 6.07) is 16.1. The molecule has 0 bridgehead atoms. The molecule has 4 nitrogen and oxygen atoms in total. The number of carbonyl (C=O) groups is 1. The van der Waals surface area contributed by atoms with Gasteiger partial charge in [-0.2, -0.15) is 0 Å². The fourth-order valence-electron chi connectivity index (χ4n) is 2.35. The Balaban J connectivity index is 2.03. The van der Waals surface area contributed by atoms with Crippen LogP contribution in [0.15, 0.2) is 63.8 Å². The molecule has 1 N–H and O–H groups in total. The van der Waals surface area contributed by atoms with Crippen LogP contribution in [0.2, 0.25) is 0 Å². The molecule has 2 aromatic carbocycles. The maximum absolute atomic E-state index is 12.3. The molecule has 0 saturated heterocycles. The molecule has 0 aliphatic rings. The number of fused-ring (bicyclic) bond motifs is 1. The summed E-state index contributed by atoms with van der Waals surface area (Å²) < 4.78 is 5.79. The highest BCUT2D eigenvalue weighted by Gasteiger charge is 2.08. The first-order valence-corrected chi connectivity index (χ1v) is 6.97. The maximum atomic E-state index is 12.3. The maximum Gasteiger partial charge on any atom is 0.303 e. The van der Waals surface area contributed by atoms with E-state index >= 15 is 0 Å². The van der Waals surface area contributed by atoms with E-state index in [4.69, 9.17) is 9.52 Å². The fourth-order valence-corrected chi connectivity index (χ4v) is 2.35. The normalized spacial score (nSPS) is 10.7. The molecule has 0 amide bonds. The van der Waals surface area contributed by atoms with Crippen molar-refractivity contribution in [2.75, 3.05) is 0 Å². The fraction of sp³-hybridized carbons (Fsp3) is 0.111. The highest BCUT2D eigenvalue weighted by molar-refractivity contribution is 5.79. The monoisotopic (exact) mass is 294 g/mol. The Morgan fingerprint density at radius 2 is 1.82 bits per heavy atom. The minimum absolute atomic E-state index is 0.0406. The Morgan fingerprint density at radius 1 is 1.05 bits per heavy atom. The topological polar surface area (TPSA) is 67.5 Å². The summed E-state index contributed by atoms with van der Waals surface area (Å²) in [5.41, 5.74) is 2.04. The molecule has 0 saturated carbocycles. The lowest BCUT2D eigenvalue weighted by Gasteiger charge is -2.05. The van der Waals surface area contributed by atoms with Gasteiger partial charge >= 0.3 is 5.97 Å². The van der Waals surface area contributed by atoms with Gasteiger partial charge in [0.05, 0.1) is 5.39 Å². The Hall–Kier alpha value is -2.88. The molecule has 3 rings (SSSR count). The van der Waals surface area contributed by atoms with Crippen molar-refractivity contribution in [1.29, 1.82) is 0 Å². The molecule has 22 heavy (non-hydrogen) atoms. The van der Waals surface area contributed by atoms with Gasteiger partial charge in [0.2, 0.25) is 0 Å². The van der Waals surface area contributed by atoms with E-state index in [1.165, 1.54) is 6.07 Å². The summed E-state index contributed by atoms with van der Waals surface area (Å²) in [7, 11) is 0. The van der Waals surface area contributed by atoms with Crippen molar-refractivity contribution in [1.82, 2.24) is 0 Å². The Labute approximate surface area is 126 Å². The predicted octanol–water partition coefficient (Wildman–Crippen LogP) is 3.48. The molecule has 1 heterocycles. The highest BCUT2D eigenvalue weighted by Crippen LogP contribution is 2.22. The SMILES string of the molecule is O=C(O)CCc1ccc2oc(-c3ccccc3)cc(=O)c2c1. The lowest BCUT2D eigenvalue weighted by atomic mass is 10.1. The smallest absolute Gasteiger partial charge is 0.303 e. The zero-order valence-corrected chi connectivity index (χ0v) is 11.8.